The summed E-state index contributed by atoms with van der Waals surface area (Å²) in [5, 5.41) is 0.905. The van der Waals surface area contributed by atoms with Crippen molar-refractivity contribution in [3.63, 3.8) is 0 Å². The third-order valence-electron chi connectivity index (χ3n) is 4.00. The number of aromatic nitrogens is 4. The summed E-state index contributed by atoms with van der Waals surface area (Å²) < 4.78 is 11.1. The molecule has 1 aliphatic rings. The minimum absolute atomic E-state index is 0.512. The van der Waals surface area contributed by atoms with Gasteiger partial charge in [0.15, 0.2) is 0 Å². The maximum atomic E-state index is 5.65. The Kier molecular flexibility index (Phi) is 5.32. The maximum Gasteiger partial charge on any atom is 0.240 e. The van der Waals surface area contributed by atoms with E-state index in [2.05, 4.69) is 21.5 Å². The normalized spacial score (nSPS) is 14.6. The van der Waals surface area contributed by atoms with E-state index in [0.717, 1.165) is 38.8 Å². The molecule has 0 atom stereocenters. The summed E-state index contributed by atoms with van der Waals surface area (Å²) in [5.74, 6) is 0.567. The van der Waals surface area contributed by atoms with Gasteiger partial charge < -0.3 is 9.47 Å². The molecule has 3 aromatic heterocycles. The molecule has 0 N–H and O–H groups in total. The number of pyridine rings is 1. The highest BCUT2D eigenvalue weighted by molar-refractivity contribution is 7.18. The Balaban J connectivity index is 1.62. The number of rotatable bonds is 6. The highest BCUT2D eigenvalue weighted by Gasteiger charge is 2.20. The lowest BCUT2D eigenvalue weighted by atomic mass is 10.1. The molecule has 4 rings (SSSR count). The topological polar surface area (TPSA) is 70.0 Å². The van der Waals surface area contributed by atoms with Crippen LogP contribution in [0.2, 0.25) is 0 Å². The Labute approximate surface area is 161 Å². The van der Waals surface area contributed by atoms with Crippen molar-refractivity contribution in [1.29, 1.82) is 0 Å². The van der Waals surface area contributed by atoms with Crippen molar-refractivity contribution in [2.45, 2.75) is 6.42 Å². The molecule has 0 fully saturated rings. The van der Waals surface area contributed by atoms with Crippen molar-refractivity contribution in [3.8, 4) is 27.0 Å². The van der Waals surface area contributed by atoms with Gasteiger partial charge in [0.2, 0.25) is 5.88 Å². The van der Waals surface area contributed by atoms with E-state index in [9.17, 15) is 0 Å². The second kappa shape index (κ2) is 8.20. The Morgan fingerprint density at radius 2 is 2.19 bits per heavy atom. The van der Waals surface area contributed by atoms with Crippen molar-refractivity contribution >= 4 is 16.9 Å². The summed E-state index contributed by atoms with van der Waals surface area (Å²) in [6, 6.07) is 3.89. The molecular formula is C20H18N4O2S. The fourth-order valence-corrected chi connectivity index (χ4v) is 3.57. The molecule has 0 amide bonds. The van der Waals surface area contributed by atoms with Gasteiger partial charge in [0.25, 0.3) is 0 Å². The van der Waals surface area contributed by atoms with Crippen LogP contribution in [0.4, 0.5) is 0 Å². The number of thiazole rings is 1. The molecule has 4 heterocycles. The van der Waals surface area contributed by atoms with Gasteiger partial charge in [-0.1, -0.05) is 12.2 Å². The van der Waals surface area contributed by atoms with E-state index in [1.54, 1.807) is 36.0 Å². The third kappa shape index (κ3) is 3.94. The standard InChI is InChI=1S/C20H18N4O2S/c1-2-8-25-9-5-14-6-10-26-19-18(14)24-16(12-22-19)17-13-23-20(27-17)15-4-3-7-21-11-15/h2-5,7,11-13H,1,6,8-10H2/b14-5-. The Bertz CT molecular complexity index is 969. The van der Waals surface area contributed by atoms with Crippen LogP contribution in [0.3, 0.4) is 0 Å². The minimum Gasteiger partial charge on any atom is -0.476 e. The minimum atomic E-state index is 0.512. The molecule has 0 saturated heterocycles. The van der Waals surface area contributed by atoms with Crippen LogP contribution in [0.25, 0.3) is 26.7 Å². The fraction of sp³-hybridized carbons (Fsp3) is 0.200. The zero-order chi connectivity index (χ0) is 18.5. The molecule has 136 valence electrons. The summed E-state index contributed by atoms with van der Waals surface area (Å²) in [6.07, 6.45) is 11.7. The summed E-state index contributed by atoms with van der Waals surface area (Å²) in [7, 11) is 0. The quantitative estimate of drug-likeness (QED) is 0.476. The molecule has 7 heteroatoms. The lowest BCUT2D eigenvalue weighted by molar-refractivity contribution is 0.194. The van der Waals surface area contributed by atoms with Crippen LogP contribution < -0.4 is 4.74 Å². The van der Waals surface area contributed by atoms with E-state index < -0.39 is 0 Å². The molecule has 0 aliphatic carbocycles. The highest BCUT2D eigenvalue weighted by atomic mass is 32.1. The lowest BCUT2D eigenvalue weighted by Gasteiger charge is -2.18. The number of hydrogen-bond donors (Lipinski definition) is 0. The first-order valence-corrected chi connectivity index (χ1v) is 9.41. The van der Waals surface area contributed by atoms with Crippen LogP contribution >= 0.6 is 11.3 Å². The Morgan fingerprint density at radius 1 is 1.22 bits per heavy atom. The van der Waals surface area contributed by atoms with Crippen LogP contribution in [0.1, 0.15) is 12.1 Å². The van der Waals surface area contributed by atoms with Gasteiger partial charge in [-0.2, -0.15) is 0 Å². The molecule has 0 saturated carbocycles. The molecule has 27 heavy (non-hydrogen) atoms. The Morgan fingerprint density at radius 3 is 3.04 bits per heavy atom. The van der Waals surface area contributed by atoms with Gasteiger partial charge >= 0.3 is 0 Å². The lowest BCUT2D eigenvalue weighted by Crippen LogP contribution is -2.12. The summed E-state index contributed by atoms with van der Waals surface area (Å²) in [4.78, 5) is 18.9. The molecule has 0 aromatic carbocycles. The van der Waals surface area contributed by atoms with E-state index >= 15 is 0 Å². The van der Waals surface area contributed by atoms with E-state index in [1.165, 1.54) is 0 Å². The van der Waals surface area contributed by atoms with E-state index in [0.29, 0.717) is 25.7 Å². The predicted octanol–water partition coefficient (Wildman–Crippen LogP) is 4.03. The predicted molar refractivity (Wildman–Crippen MR) is 105 cm³/mol. The van der Waals surface area contributed by atoms with Gasteiger partial charge in [-0.3, -0.25) is 4.98 Å². The largest absolute Gasteiger partial charge is 0.476 e. The van der Waals surface area contributed by atoms with Crippen molar-refractivity contribution in [2.24, 2.45) is 0 Å². The van der Waals surface area contributed by atoms with Crippen molar-refractivity contribution in [1.82, 2.24) is 19.9 Å². The van der Waals surface area contributed by atoms with Crippen LogP contribution in [0, 0.1) is 0 Å². The third-order valence-corrected chi connectivity index (χ3v) is 5.07. The molecule has 1 aliphatic heterocycles. The van der Waals surface area contributed by atoms with E-state index in [-0.39, 0.29) is 0 Å². The maximum absolute atomic E-state index is 5.65. The van der Waals surface area contributed by atoms with Crippen LogP contribution in [0.5, 0.6) is 5.88 Å². The highest BCUT2D eigenvalue weighted by Crippen LogP contribution is 2.34. The van der Waals surface area contributed by atoms with E-state index in [4.69, 9.17) is 14.5 Å². The smallest absolute Gasteiger partial charge is 0.240 e. The summed E-state index contributed by atoms with van der Waals surface area (Å²) in [5.41, 5.74) is 3.64. The monoisotopic (exact) mass is 378 g/mol. The molecule has 0 unspecified atom stereocenters. The van der Waals surface area contributed by atoms with Crippen molar-refractivity contribution in [3.05, 3.63) is 61.3 Å². The average Bonchev–Trinajstić information content (AvgIpc) is 3.22. The number of nitrogens with zero attached hydrogens (tertiary/aromatic N) is 4. The average molecular weight is 378 g/mol. The molecule has 0 spiro atoms. The summed E-state index contributed by atoms with van der Waals surface area (Å²) >= 11 is 1.57. The van der Waals surface area contributed by atoms with Gasteiger partial charge in [0.05, 0.1) is 30.9 Å². The van der Waals surface area contributed by atoms with Gasteiger partial charge in [-0.25, -0.2) is 15.0 Å². The van der Waals surface area contributed by atoms with Crippen molar-refractivity contribution < 1.29 is 9.47 Å². The Hall–Kier alpha value is -2.90. The first-order valence-electron chi connectivity index (χ1n) is 8.59. The second-order valence-electron chi connectivity index (χ2n) is 5.83. The second-order valence-corrected chi connectivity index (χ2v) is 6.86. The number of hydrogen-bond acceptors (Lipinski definition) is 7. The van der Waals surface area contributed by atoms with Gasteiger partial charge in [-0.05, 0) is 17.7 Å². The molecule has 3 aromatic rings. The fourth-order valence-electron chi connectivity index (χ4n) is 2.71. The zero-order valence-corrected chi connectivity index (χ0v) is 15.5. The van der Waals surface area contributed by atoms with Gasteiger partial charge in [0.1, 0.15) is 16.4 Å². The SMILES string of the molecule is C=CCOC/C=C1/CCOc2ncc(-c3cnc(-c4cccnc4)s3)nc21. The molecule has 6 nitrogen and oxygen atoms in total. The van der Waals surface area contributed by atoms with Crippen molar-refractivity contribution in [2.75, 3.05) is 19.8 Å². The molecule has 0 bridgehead atoms. The number of fused-ring (bicyclic) bond motifs is 1. The summed E-state index contributed by atoms with van der Waals surface area (Å²) in [6.45, 7) is 5.29. The van der Waals surface area contributed by atoms with Crippen LogP contribution in [-0.2, 0) is 4.74 Å². The van der Waals surface area contributed by atoms with Crippen LogP contribution in [0.15, 0.2) is 55.7 Å². The van der Waals surface area contributed by atoms with Gasteiger partial charge in [0, 0.05) is 30.6 Å². The first-order chi connectivity index (χ1) is 13.3. The first kappa shape index (κ1) is 17.5. The van der Waals surface area contributed by atoms with Gasteiger partial charge in [-0.15, -0.1) is 17.9 Å². The zero-order valence-electron chi connectivity index (χ0n) is 14.7. The van der Waals surface area contributed by atoms with E-state index in [1.807, 2.05) is 24.4 Å². The van der Waals surface area contributed by atoms with Crippen LogP contribution in [-0.4, -0.2) is 39.8 Å². The molecule has 0 radical (unpaired) electrons. The number of ether oxygens (including phenoxy) is 2. The molecular weight excluding hydrogens is 360 g/mol.